The lowest BCUT2D eigenvalue weighted by Gasteiger charge is -2.60. The Balaban J connectivity index is 1.18. The molecule has 1 N–H and O–H groups in total. The van der Waals surface area contributed by atoms with Gasteiger partial charge in [0.25, 0.3) is 0 Å². The van der Waals surface area contributed by atoms with E-state index in [1.807, 2.05) is 6.07 Å². The Morgan fingerprint density at radius 2 is 2.00 bits per heavy atom. The van der Waals surface area contributed by atoms with Crippen LogP contribution in [-0.4, -0.2) is 39.6 Å². The molecule has 5 heteroatoms. The number of piperidine rings is 1. The van der Waals surface area contributed by atoms with E-state index in [1.54, 1.807) is 11.3 Å². The minimum Gasteiger partial charge on any atom is -0.390 e. The monoisotopic (exact) mass is 410 g/mol. The third-order valence-corrected chi connectivity index (χ3v) is 9.31. The number of aliphatic hydroxyl groups is 1. The van der Waals surface area contributed by atoms with Crippen molar-refractivity contribution < 1.29 is 9.90 Å². The molecule has 0 spiro atoms. The second kappa shape index (κ2) is 6.52. The van der Waals surface area contributed by atoms with Gasteiger partial charge in [0.2, 0.25) is 5.91 Å². The molecule has 2 heterocycles. The largest absolute Gasteiger partial charge is 0.390 e. The lowest BCUT2D eigenvalue weighted by Crippen LogP contribution is -2.56. The van der Waals surface area contributed by atoms with E-state index in [9.17, 15) is 9.90 Å². The lowest BCUT2D eigenvalue weighted by molar-refractivity contribution is -0.172. The van der Waals surface area contributed by atoms with E-state index >= 15 is 0 Å². The van der Waals surface area contributed by atoms with Crippen molar-refractivity contribution in [1.82, 2.24) is 9.88 Å². The zero-order valence-corrected chi connectivity index (χ0v) is 17.8. The van der Waals surface area contributed by atoms with Crippen molar-refractivity contribution in [2.45, 2.75) is 69.3 Å². The highest BCUT2D eigenvalue weighted by Crippen LogP contribution is 2.63. The van der Waals surface area contributed by atoms with E-state index < -0.39 is 5.60 Å². The quantitative estimate of drug-likeness (QED) is 0.796. The summed E-state index contributed by atoms with van der Waals surface area (Å²) in [5.74, 6) is 1.98. The number of carbonyl (C=O) groups excluding carboxylic acids is 1. The molecule has 29 heavy (non-hydrogen) atoms. The number of aromatic nitrogens is 1. The normalized spacial score (nSPS) is 38.7. The molecular weight excluding hydrogens is 380 g/mol. The van der Waals surface area contributed by atoms with Crippen LogP contribution in [0.15, 0.2) is 24.3 Å². The van der Waals surface area contributed by atoms with Crippen molar-refractivity contribution in [1.29, 1.82) is 0 Å². The molecule has 1 aliphatic heterocycles. The Morgan fingerprint density at radius 3 is 2.76 bits per heavy atom. The average molecular weight is 411 g/mol. The summed E-state index contributed by atoms with van der Waals surface area (Å²) >= 11 is 1.79. The van der Waals surface area contributed by atoms with Crippen LogP contribution in [0.3, 0.4) is 0 Å². The maximum absolute atomic E-state index is 13.4. The highest BCUT2D eigenvalue weighted by Gasteiger charge is 2.57. The maximum Gasteiger partial charge on any atom is 0.223 e. The fourth-order valence-corrected chi connectivity index (χ4v) is 8.60. The van der Waals surface area contributed by atoms with Gasteiger partial charge in [0.05, 0.1) is 20.8 Å². The Morgan fingerprint density at radius 1 is 1.21 bits per heavy atom. The fourth-order valence-electron chi connectivity index (χ4n) is 7.51. The zero-order chi connectivity index (χ0) is 19.6. The number of fused-ring (bicyclic) bond motifs is 1. The van der Waals surface area contributed by atoms with Gasteiger partial charge in [-0.15, -0.1) is 11.3 Å². The number of benzene rings is 1. The molecule has 0 radical (unpaired) electrons. The van der Waals surface area contributed by atoms with E-state index in [4.69, 9.17) is 4.98 Å². The van der Waals surface area contributed by atoms with Crippen molar-refractivity contribution in [3.05, 3.63) is 29.3 Å². The predicted octanol–water partition coefficient (Wildman–Crippen LogP) is 4.72. The molecular formula is C24H30N2O2S. The van der Waals surface area contributed by atoms with Gasteiger partial charge in [-0.05, 0) is 80.8 Å². The van der Waals surface area contributed by atoms with Gasteiger partial charge in [-0.25, -0.2) is 4.98 Å². The molecule has 4 bridgehead atoms. The topological polar surface area (TPSA) is 53.4 Å². The number of nitrogens with zero attached hydrogens (tertiary/aromatic N) is 2. The van der Waals surface area contributed by atoms with Crippen molar-refractivity contribution in [2.75, 3.05) is 13.1 Å². The first-order chi connectivity index (χ1) is 14.0. The molecule has 1 saturated heterocycles. The predicted molar refractivity (Wildman–Crippen MR) is 115 cm³/mol. The number of carbonyl (C=O) groups is 1. The molecule has 5 fully saturated rings. The van der Waals surface area contributed by atoms with Crippen LogP contribution in [0.1, 0.15) is 68.7 Å². The first-order valence-electron chi connectivity index (χ1n) is 11.3. The van der Waals surface area contributed by atoms with Gasteiger partial charge in [0.1, 0.15) is 0 Å². The van der Waals surface area contributed by atoms with Gasteiger partial charge in [-0.2, -0.15) is 0 Å². The average Bonchev–Trinajstić information content (AvgIpc) is 3.10. The summed E-state index contributed by atoms with van der Waals surface area (Å²) < 4.78 is 1.24. The number of rotatable bonds is 3. The minimum atomic E-state index is -0.476. The molecule has 2 aromatic rings. The van der Waals surface area contributed by atoms with Crippen molar-refractivity contribution in [2.24, 2.45) is 17.3 Å². The Bertz CT molecular complexity index is 906. The molecule has 4 aliphatic carbocycles. The van der Waals surface area contributed by atoms with E-state index in [1.165, 1.54) is 16.1 Å². The fraction of sp³-hybridized carbons (Fsp3) is 0.667. The van der Waals surface area contributed by atoms with Gasteiger partial charge < -0.3 is 10.0 Å². The van der Waals surface area contributed by atoms with Crippen LogP contribution in [0.4, 0.5) is 0 Å². The van der Waals surface area contributed by atoms with Crippen LogP contribution in [0.5, 0.6) is 0 Å². The smallest absolute Gasteiger partial charge is 0.223 e. The SMILES string of the molecule is O=C(CC12C[C@@H]3C[C@@H](CC(O)(C3)C1)C2)N1CCC[C@H](c2nc3ccccc3s2)C1. The second-order valence-corrected chi connectivity index (χ2v) is 11.6. The molecule has 4 saturated carbocycles. The summed E-state index contributed by atoms with van der Waals surface area (Å²) in [6, 6.07) is 8.33. The van der Waals surface area contributed by atoms with E-state index in [0.29, 0.717) is 30.1 Å². The number of amides is 1. The summed E-state index contributed by atoms with van der Waals surface area (Å²) in [4.78, 5) is 20.3. The zero-order valence-electron chi connectivity index (χ0n) is 17.0. The summed E-state index contributed by atoms with van der Waals surface area (Å²) in [7, 11) is 0. The lowest BCUT2D eigenvalue weighted by atomic mass is 9.47. The molecule has 154 valence electrons. The summed E-state index contributed by atoms with van der Waals surface area (Å²) in [6.45, 7) is 1.69. The number of thiazole rings is 1. The first-order valence-corrected chi connectivity index (χ1v) is 12.2. The molecule has 7 rings (SSSR count). The first kappa shape index (κ1) is 18.3. The molecule has 1 aromatic heterocycles. The highest BCUT2D eigenvalue weighted by atomic mass is 32.1. The van der Waals surface area contributed by atoms with Crippen LogP contribution in [0, 0.1) is 17.3 Å². The van der Waals surface area contributed by atoms with Crippen LogP contribution in [-0.2, 0) is 4.79 Å². The van der Waals surface area contributed by atoms with E-state index in [2.05, 4.69) is 23.1 Å². The highest BCUT2D eigenvalue weighted by molar-refractivity contribution is 7.18. The van der Waals surface area contributed by atoms with Gasteiger partial charge in [0, 0.05) is 25.4 Å². The van der Waals surface area contributed by atoms with Crippen molar-refractivity contribution >= 4 is 27.5 Å². The third kappa shape index (κ3) is 3.21. The van der Waals surface area contributed by atoms with Gasteiger partial charge in [-0.1, -0.05) is 12.1 Å². The van der Waals surface area contributed by atoms with Crippen molar-refractivity contribution in [3.8, 4) is 0 Å². The van der Waals surface area contributed by atoms with Crippen LogP contribution in [0.2, 0.25) is 0 Å². The Labute approximate surface area is 176 Å². The van der Waals surface area contributed by atoms with E-state index in [-0.39, 0.29) is 5.41 Å². The van der Waals surface area contributed by atoms with Crippen LogP contribution >= 0.6 is 11.3 Å². The number of para-hydroxylation sites is 1. The molecule has 1 amide bonds. The van der Waals surface area contributed by atoms with Crippen LogP contribution in [0.25, 0.3) is 10.2 Å². The molecule has 1 aromatic carbocycles. The molecule has 4 nitrogen and oxygen atoms in total. The number of hydrogen-bond acceptors (Lipinski definition) is 4. The molecule has 2 unspecified atom stereocenters. The Kier molecular flexibility index (Phi) is 4.12. The molecule has 5 atom stereocenters. The van der Waals surface area contributed by atoms with Gasteiger partial charge in [0.15, 0.2) is 0 Å². The van der Waals surface area contributed by atoms with Gasteiger partial charge in [-0.3, -0.25) is 4.79 Å². The number of likely N-dealkylation sites (tertiary alicyclic amines) is 1. The molecule has 5 aliphatic rings. The third-order valence-electron chi connectivity index (χ3n) is 8.11. The summed E-state index contributed by atoms with van der Waals surface area (Å²) in [5, 5.41) is 12.2. The summed E-state index contributed by atoms with van der Waals surface area (Å²) in [6.07, 6.45) is 9.24. The summed E-state index contributed by atoms with van der Waals surface area (Å²) in [5.41, 5.74) is 0.673. The minimum absolute atomic E-state index is 0.0682. The maximum atomic E-state index is 13.4. The van der Waals surface area contributed by atoms with Crippen molar-refractivity contribution in [3.63, 3.8) is 0 Å². The van der Waals surface area contributed by atoms with Gasteiger partial charge >= 0.3 is 0 Å². The Hall–Kier alpha value is -1.46. The van der Waals surface area contributed by atoms with Crippen LogP contribution < -0.4 is 0 Å². The standard InChI is InChI=1S/C24H30N2O2S/c27-21(13-23-9-16-8-17(10-23)12-24(28,11-16)15-23)26-7-3-4-18(14-26)22-25-19-5-1-2-6-20(19)29-22/h1-2,5-6,16-18,28H,3-4,7-15H2/t16-,17+,18-,23?,24?/m0/s1. The number of hydrogen-bond donors (Lipinski definition) is 1. The van der Waals surface area contributed by atoms with E-state index in [0.717, 1.165) is 63.6 Å². The second-order valence-electron chi connectivity index (χ2n) is 10.6.